The molecule has 0 saturated heterocycles. The summed E-state index contributed by atoms with van der Waals surface area (Å²) in [6, 6.07) is -0.0359. The molecule has 1 aromatic rings. The molecule has 0 N–H and O–H groups in total. The van der Waals surface area contributed by atoms with Crippen LogP contribution in [0.3, 0.4) is 0 Å². The van der Waals surface area contributed by atoms with E-state index in [1.54, 1.807) is 24.3 Å². The van der Waals surface area contributed by atoms with Gasteiger partial charge in [0.05, 0.1) is 0 Å². The highest BCUT2D eigenvalue weighted by molar-refractivity contribution is 5.76. The zero-order valence-corrected chi connectivity index (χ0v) is 8.27. The predicted octanol–water partition coefficient (Wildman–Crippen LogP) is 1.44. The monoisotopic (exact) mass is 181 g/mol. The van der Waals surface area contributed by atoms with E-state index in [4.69, 9.17) is 0 Å². The van der Waals surface area contributed by atoms with E-state index in [-0.39, 0.29) is 6.03 Å². The van der Waals surface area contributed by atoms with Crippen molar-refractivity contribution < 1.29 is 4.79 Å². The molecule has 1 amide bonds. The van der Waals surface area contributed by atoms with Gasteiger partial charge in [0, 0.05) is 26.0 Å². The van der Waals surface area contributed by atoms with Gasteiger partial charge in [-0.15, -0.1) is 0 Å². The number of imidazole rings is 1. The van der Waals surface area contributed by atoms with Crippen molar-refractivity contribution in [3.05, 3.63) is 18.7 Å². The smallest absolute Gasteiger partial charge is 0.327 e. The van der Waals surface area contributed by atoms with Gasteiger partial charge < -0.3 is 4.90 Å². The lowest BCUT2D eigenvalue weighted by Crippen LogP contribution is -2.33. The zero-order chi connectivity index (χ0) is 9.84. The average Bonchev–Trinajstić information content (AvgIpc) is 2.53. The average molecular weight is 181 g/mol. The summed E-state index contributed by atoms with van der Waals surface area (Å²) in [4.78, 5) is 17.1. The Bertz CT molecular complexity index is 266. The third kappa shape index (κ3) is 2.57. The summed E-state index contributed by atoms with van der Waals surface area (Å²) in [7, 11) is 1.79. The molecule has 0 radical (unpaired) electrons. The number of amides is 1. The highest BCUT2D eigenvalue weighted by atomic mass is 16.2. The van der Waals surface area contributed by atoms with Crippen LogP contribution in [0.2, 0.25) is 0 Å². The molecule has 0 aliphatic heterocycles. The summed E-state index contributed by atoms with van der Waals surface area (Å²) >= 11 is 0. The number of carbonyl (C=O) groups is 1. The number of aromatic nitrogens is 2. The predicted molar refractivity (Wildman–Crippen MR) is 50.5 cm³/mol. The largest absolute Gasteiger partial charge is 0.329 e. The lowest BCUT2D eigenvalue weighted by atomic mass is 10.2. The van der Waals surface area contributed by atoms with E-state index >= 15 is 0 Å². The minimum Gasteiger partial charge on any atom is -0.327 e. The van der Waals surface area contributed by atoms with Crippen molar-refractivity contribution in [1.82, 2.24) is 14.5 Å². The number of hydrogen-bond acceptors (Lipinski definition) is 2. The molecule has 0 bridgehead atoms. The van der Waals surface area contributed by atoms with Gasteiger partial charge >= 0.3 is 6.03 Å². The maximum absolute atomic E-state index is 11.6. The molecule has 0 aromatic carbocycles. The molecule has 72 valence electrons. The van der Waals surface area contributed by atoms with Crippen molar-refractivity contribution in [3.8, 4) is 0 Å². The van der Waals surface area contributed by atoms with Crippen molar-refractivity contribution in [2.45, 2.75) is 13.8 Å². The Hall–Kier alpha value is -1.32. The van der Waals surface area contributed by atoms with Crippen LogP contribution >= 0.6 is 0 Å². The van der Waals surface area contributed by atoms with Crippen LogP contribution in [0.1, 0.15) is 13.8 Å². The fourth-order valence-electron chi connectivity index (χ4n) is 1.20. The van der Waals surface area contributed by atoms with Crippen molar-refractivity contribution in [2.75, 3.05) is 13.6 Å². The van der Waals surface area contributed by atoms with Crippen molar-refractivity contribution >= 4 is 6.03 Å². The molecule has 4 heteroatoms. The fraction of sp³-hybridized carbons (Fsp3) is 0.556. The minimum absolute atomic E-state index is 0.0359. The number of nitrogens with zero attached hydrogens (tertiary/aromatic N) is 3. The third-order valence-electron chi connectivity index (χ3n) is 1.69. The molecule has 0 atom stereocenters. The Morgan fingerprint density at radius 2 is 2.31 bits per heavy atom. The van der Waals surface area contributed by atoms with Crippen LogP contribution in [0.4, 0.5) is 4.79 Å². The van der Waals surface area contributed by atoms with Crippen molar-refractivity contribution in [1.29, 1.82) is 0 Å². The van der Waals surface area contributed by atoms with Crippen molar-refractivity contribution in [3.63, 3.8) is 0 Å². The quantitative estimate of drug-likeness (QED) is 0.692. The lowest BCUT2D eigenvalue weighted by Gasteiger charge is -2.18. The number of rotatable bonds is 2. The third-order valence-corrected chi connectivity index (χ3v) is 1.69. The first kappa shape index (κ1) is 9.77. The van der Waals surface area contributed by atoms with Gasteiger partial charge in [-0.2, -0.15) is 0 Å². The molecule has 0 aliphatic carbocycles. The highest BCUT2D eigenvalue weighted by Crippen LogP contribution is 1.99. The van der Waals surface area contributed by atoms with Crippen LogP contribution in [0.25, 0.3) is 0 Å². The molecule has 1 aromatic heterocycles. The van der Waals surface area contributed by atoms with E-state index in [9.17, 15) is 4.79 Å². The Morgan fingerprint density at radius 3 is 2.77 bits per heavy atom. The van der Waals surface area contributed by atoms with Gasteiger partial charge in [-0.3, -0.25) is 4.57 Å². The van der Waals surface area contributed by atoms with Crippen LogP contribution in [0.15, 0.2) is 18.7 Å². The fourth-order valence-corrected chi connectivity index (χ4v) is 1.20. The number of carbonyl (C=O) groups excluding carboxylic acids is 1. The molecule has 0 spiro atoms. The second-order valence-electron chi connectivity index (χ2n) is 3.53. The molecule has 4 nitrogen and oxygen atoms in total. The van der Waals surface area contributed by atoms with Crippen LogP contribution in [0.5, 0.6) is 0 Å². The summed E-state index contributed by atoms with van der Waals surface area (Å²) in [6.07, 6.45) is 4.76. The van der Waals surface area contributed by atoms with Crippen LogP contribution in [-0.2, 0) is 0 Å². The molecule has 0 unspecified atom stereocenters. The Balaban J connectivity index is 2.58. The second kappa shape index (κ2) is 4.07. The molecule has 0 fully saturated rings. The van der Waals surface area contributed by atoms with Gasteiger partial charge in [-0.1, -0.05) is 13.8 Å². The van der Waals surface area contributed by atoms with Crippen molar-refractivity contribution in [2.24, 2.45) is 5.92 Å². The summed E-state index contributed by atoms with van der Waals surface area (Å²) in [5, 5.41) is 0. The first-order chi connectivity index (χ1) is 6.11. The normalized spacial score (nSPS) is 10.5. The van der Waals surface area contributed by atoms with Crippen LogP contribution in [0, 0.1) is 5.92 Å². The van der Waals surface area contributed by atoms with E-state index in [0.717, 1.165) is 6.54 Å². The topological polar surface area (TPSA) is 38.1 Å². The SMILES string of the molecule is CC(C)CN(C)C(=O)n1ccnc1. The standard InChI is InChI=1S/C9H15N3O/c1-8(2)6-11(3)9(13)12-5-4-10-7-12/h4-5,7-8H,6H2,1-3H3. The zero-order valence-electron chi connectivity index (χ0n) is 8.27. The molecule has 1 heterocycles. The van der Waals surface area contributed by atoms with E-state index < -0.39 is 0 Å². The summed E-state index contributed by atoms with van der Waals surface area (Å²) in [6.45, 7) is 4.92. The highest BCUT2D eigenvalue weighted by Gasteiger charge is 2.10. The first-order valence-corrected chi connectivity index (χ1v) is 4.34. The van der Waals surface area contributed by atoms with Gasteiger partial charge in [0.2, 0.25) is 0 Å². The van der Waals surface area contributed by atoms with Gasteiger partial charge in [0.15, 0.2) is 0 Å². The van der Waals surface area contributed by atoms with E-state index in [2.05, 4.69) is 18.8 Å². The Kier molecular flexibility index (Phi) is 3.06. The molecular formula is C9H15N3O. The second-order valence-corrected chi connectivity index (χ2v) is 3.53. The maximum atomic E-state index is 11.6. The maximum Gasteiger partial charge on any atom is 0.329 e. The summed E-state index contributed by atoms with van der Waals surface area (Å²) in [5.74, 6) is 0.484. The Morgan fingerprint density at radius 1 is 1.62 bits per heavy atom. The summed E-state index contributed by atoms with van der Waals surface area (Å²) in [5.41, 5.74) is 0. The molecule has 0 saturated carbocycles. The molecular weight excluding hydrogens is 166 g/mol. The van der Waals surface area contributed by atoms with Gasteiger partial charge in [0.1, 0.15) is 6.33 Å². The van der Waals surface area contributed by atoms with Gasteiger partial charge in [-0.25, -0.2) is 9.78 Å². The minimum atomic E-state index is -0.0359. The Labute approximate surface area is 78.2 Å². The lowest BCUT2D eigenvalue weighted by molar-refractivity contribution is 0.205. The van der Waals surface area contributed by atoms with Crippen LogP contribution in [-0.4, -0.2) is 34.1 Å². The van der Waals surface area contributed by atoms with Gasteiger partial charge in [-0.05, 0) is 5.92 Å². The summed E-state index contributed by atoms with van der Waals surface area (Å²) < 4.78 is 1.47. The molecule has 13 heavy (non-hydrogen) atoms. The van der Waals surface area contributed by atoms with E-state index in [1.807, 2.05) is 0 Å². The number of hydrogen-bond donors (Lipinski definition) is 0. The van der Waals surface area contributed by atoms with E-state index in [1.165, 1.54) is 10.9 Å². The van der Waals surface area contributed by atoms with E-state index in [0.29, 0.717) is 5.92 Å². The molecule has 0 aliphatic rings. The first-order valence-electron chi connectivity index (χ1n) is 4.34. The van der Waals surface area contributed by atoms with Gasteiger partial charge in [0.25, 0.3) is 0 Å². The molecule has 1 rings (SSSR count). The van der Waals surface area contributed by atoms with Crippen LogP contribution < -0.4 is 0 Å².